The Bertz CT molecular complexity index is 375. The summed E-state index contributed by atoms with van der Waals surface area (Å²) in [5.74, 6) is -0.849. The van der Waals surface area contributed by atoms with Crippen molar-refractivity contribution in [1.29, 1.82) is 0 Å². The van der Waals surface area contributed by atoms with Gasteiger partial charge in [-0.3, -0.25) is 4.79 Å². The zero-order valence-corrected chi connectivity index (χ0v) is 11.7. The zero-order chi connectivity index (χ0) is 12.8. The highest BCUT2D eigenvalue weighted by Crippen LogP contribution is 2.19. The lowest BCUT2D eigenvalue weighted by molar-refractivity contribution is 0.0929. The zero-order valence-electron chi connectivity index (χ0n) is 10.1. The first-order valence-electron chi connectivity index (χ1n) is 5.85. The number of carbonyl (C=O) groups is 1. The third-order valence-electron chi connectivity index (χ3n) is 2.65. The Hall–Kier alpha value is -0.900. The van der Waals surface area contributed by atoms with E-state index in [1.54, 1.807) is 12.1 Å². The summed E-state index contributed by atoms with van der Waals surface area (Å²) in [5.41, 5.74) is 0.0852. The Morgan fingerprint density at radius 2 is 2.18 bits per heavy atom. The van der Waals surface area contributed by atoms with Crippen molar-refractivity contribution in [2.45, 2.75) is 39.2 Å². The highest BCUT2D eigenvalue weighted by Gasteiger charge is 2.17. The molecule has 0 heterocycles. The lowest BCUT2D eigenvalue weighted by Gasteiger charge is -2.16. The standard InChI is InChI=1S/C13H17BrFNO/c1-3-6-9(4-2)16-13(17)12-10(14)7-5-8-11(12)15/h5,7-9H,3-4,6H2,1-2H3,(H,16,17). The summed E-state index contributed by atoms with van der Waals surface area (Å²) in [7, 11) is 0. The molecule has 0 aromatic heterocycles. The van der Waals surface area contributed by atoms with Crippen LogP contribution >= 0.6 is 15.9 Å². The Labute approximate surface area is 110 Å². The van der Waals surface area contributed by atoms with E-state index in [0.29, 0.717) is 4.47 Å². The van der Waals surface area contributed by atoms with Crippen LogP contribution < -0.4 is 5.32 Å². The van der Waals surface area contributed by atoms with Crippen LogP contribution in [0.25, 0.3) is 0 Å². The fraction of sp³-hybridized carbons (Fsp3) is 0.462. The van der Waals surface area contributed by atoms with Gasteiger partial charge in [-0.05, 0) is 40.9 Å². The summed E-state index contributed by atoms with van der Waals surface area (Å²) in [6.07, 6.45) is 2.76. The van der Waals surface area contributed by atoms with E-state index >= 15 is 0 Å². The van der Waals surface area contributed by atoms with Gasteiger partial charge in [-0.25, -0.2) is 4.39 Å². The van der Waals surface area contributed by atoms with Crippen molar-refractivity contribution >= 4 is 21.8 Å². The second kappa shape index (κ2) is 6.74. The van der Waals surface area contributed by atoms with Crippen molar-refractivity contribution in [1.82, 2.24) is 5.32 Å². The number of hydrogen-bond acceptors (Lipinski definition) is 1. The maximum absolute atomic E-state index is 13.6. The van der Waals surface area contributed by atoms with Gasteiger partial charge in [0.15, 0.2) is 0 Å². The summed E-state index contributed by atoms with van der Waals surface area (Å²) in [6, 6.07) is 4.64. The van der Waals surface area contributed by atoms with E-state index in [2.05, 4.69) is 28.2 Å². The van der Waals surface area contributed by atoms with Gasteiger partial charge in [0, 0.05) is 10.5 Å². The molecule has 17 heavy (non-hydrogen) atoms. The molecule has 94 valence electrons. The molecule has 2 nitrogen and oxygen atoms in total. The monoisotopic (exact) mass is 301 g/mol. The summed E-state index contributed by atoms with van der Waals surface area (Å²) >= 11 is 3.20. The summed E-state index contributed by atoms with van der Waals surface area (Å²) in [5, 5.41) is 2.86. The molecule has 0 bridgehead atoms. The minimum atomic E-state index is -0.497. The number of amides is 1. The fourth-order valence-electron chi connectivity index (χ4n) is 1.70. The van der Waals surface area contributed by atoms with Gasteiger partial charge in [0.25, 0.3) is 5.91 Å². The van der Waals surface area contributed by atoms with Gasteiger partial charge in [-0.2, -0.15) is 0 Å². The van der Waals surface area contributed by atoms with E-state index in [0.717, 1.165) is 19.3 Å². The molecule has 1 aromatic carbocycles. The molecule has 0 saturated carbocycles. The molecule has 1 N–H and O–H groups in total. The van der Waals surface area contributed by atoms with Crippen molar-refractivity contribution in [2.75, 3.05) is 0 Å². The second-order valence-electron chi connectivity index (χ2n) is 3.96. The maximum atomic E-state index is 13.6. The summed E-state index contributed by atoms with van der Waals surface area (Å²) in [6.45, 7) is 4.07. The average Bonchev–Trinajstić information content (AvgIpc) is 2.28. The Kier molecular flexibility index (Phi) is 5.62. The van der Waals surface area contributed by atoms with Gasteiger partial charge in [-0.1, -0.05) is 26.3 Å². The quantitative estimate of drug-likeness (QED) is 0.878. The van der Waals surface area contributed by atoms with Gasteiger partial charge in [-0.15, -0.1) is 0 Å². The van der Waals surface area contributed by atoms with Crippen LogP contribution in [0.5, 0.6) is 0 Å². The SMILES string of the molecule is CCCC(CC)NC(=O)c1c(F)cccc1Br. The van der Waals surface area contributed by atoms with E-state index in [9.17, 15) is 9.18 Å². The van der Waals surface area contributed by atoms with Gasteiger partial charge < -0.3 is 5.32 Å². The molecular weight excluding hydrogens is 285 g/mol. The normalized spacial score (nSPS) is 12.2. The van der Waals surface area contributed by atoms with Gasteiger partial charge in [0.1, 0.15) is 5.82 Å². The predicted molar refractivity (Wildman–Crippen MR) is 70.6 cm³/mol. The van der Waals surface area contributed by atoms with Crippen LogP contribution in [0.3, 0.4) is 0 Å². The predicted octanol–water partition coefficient (Wildman–Crippen LogP) is 3.90. The van der Waals surface area contributed by atoms with Crippen LogP contribution in [-0.4, -0.2) is 11.9 Å². The third-order valence-corrected chi connectivity index (χ3v) is 3.32. The first-order valence-corrected chi connectivity index (χ1v) is 6.64. The Morgan fingerprint density at radius 3 is 2.71 bits per heavy atom. The molecule has 1 amide bonds. The number of benzene rings is 1. The van der Waals surface area contributed by atoms with Crippen molar-refractivity contribution in [3.8, 4) is 0 Å². The van der Waals surface area contributed by atoms with E-state index in [-0.39, 0.29) is 17.5 Å². The number of hydrogen-bond donors (Lipinski definition) is 1. The fourth-order valence-corrected chi connectivity index (χ4v) is 2.22. The van der Waals surface area contributed by atoms with Gasteiger partial charge in [0.05, 0.1) is 5.56 Å². The van der Waals surface area contributed by atoms with Crippen LogP contribution in [0.15, 0.2) is 22.7 Å². The van der Waals surface area contributed by atoms with Crippen LogP contribution in [0.4, 0.5) is 4.39 Å². The molecule has 0 aliphatic carbocycles. The molecule has 0 saturated heterocycles. The Morgan fingerprint density at radius 1 is 1.47 bits per heavy atom. The first-order chi connectivity index (χ1) is 8.10. The third kappa shape index (κ3) is 3.80. The average molecular weight is 302 g/mol. The largest absolute Gasteiger partial charge is 0.349 e. The van der Waals surface area contributed by atoms with E-state index in [4.69, 9.17) is 0 Å². The molecule has 1 aromatic rings. The second-order valence-corrected chi connectivity index (χ2v) is 4.82. The summed E-state index contributed by atoms with van der Waals surface area (Å²) < 4.78 is 14.0. The first kappa shape index (κ1) is 14.2. The minimum Gasteiger partial charge on any atom is -0.349 e. The van der Waals surface area contributed by atoms with Crippen molar-refractivity contribution in [3.05, 3.63) is 34.1 Å². The molecule has 0 fully saturated rings. The summed E-state index contributed by atoms with van der Waals surface area (Å²) in [4.78, 5) is 11.9. The molecular formula is C13H17BrFNO. The van der Waals surface area contributed by atoms with E-state index in [1.807, 2.05) is 6.92 Å². The van der Waals surface area contributed by atoms with E-state index < -0.39 is 5.82 Å². The molecule has 1 unspecified atom stereocenters. The Balaban J connectivity index is 2.82. The molecule has 1 rings (SSSR count). The number of rotatable bonds is 5. The molecule has 0 spiro atoms. The number of halogens is 2. The van der Waals surface area contributed by atoms with Crippen LogP contribution in [0.2, 0.25) is 0 Å². The number of nitrogens with one attached hydrogen (secondary N) is 1. The lowest BCUT2D eigenvalue weighted by atomic mass is 10.1. The van der Waals surface area contributed by atoms with E-state index in [1.165, 1.54) is 6.07 Å². The lowest BCUT2D eigenvalue weighted by Crippen LogP contribution is -2.34. The van der Waals surface area contributed by atoms with Crippen molar-refractivity contribution in [3.63, 3.8) is 0 Å². The highest BCUT2D eigenvalue weighted by atomic mass is 79.9. The molecule has 0 aliphatic heterocycles. The van der Waals surface area contributed by atoms with Crippen molar-refractivity contribution in [2.24, 2.45) is 0 Å². The number of carbonyl (C=O) groups excluding carboxylic acids is 1. The van der Waals surface area contributed by atoms with Crippen LogP contribution in [-0.2, 0) is 0 Å². The minimum absolute atomic E-state index is 0.0852. The van der Waals surface area contributed by atoms with Crippen LogP contribution in [0.1, 0.15) is 43.5 Å². The molecule has 4 heteroatoms. The maximum Gasteiger partial charge on any atom is 0.255 e. The highest BCUT2D eigenvalue weighted by molar-refractivity contribution is 9.10. The topological polar surface area (TPSA) is 29.1 Å². The molecule has 1 atom stereocenters. The molecule has 0 radical (unpaired) electrons. The molecule has 0 aliphatic rings. The van der Waals surface area contributed by atoms with Gasteiger partial charge >= 0.3 is 0 Å². The van der Waals surface area contributed by atoms with Crippen LogP contribution in [0, 0.1) is 5.82 Å². The van der Waals surface area contributed by atoms with Gasteiger partial charge in [0.2, 0.25) is 0 Å². The smallest absolute Gasteiger partial charge is 0.255 e. The van der Waals surface area contributed by atoms with Crippen molar-refractivity contribution < 1.29 is 9.18 Å².